The lowest BCUT2D eigenvalue weighted by molar-refractivity contribution is 0.0827. The van der Waals surface area contributed by atoms with E-state index in [1.165, 1.54) is 0 Å². The average Bonchev–Trinajstić information content (AvgIpc) is 2.27. The van der Waals surface area contributed by atoms with Gasteiger partial charge in [0, 0.05) is 18.7 Å². The highest BCUT2D eigenvalue weighted by Crippen LogP contribution is 2.22. The molecule has 0 aliphatic carbocycles. The standard InChI is InChI=1S/C12H18ClNO2/c1-14(9-15-2)7-6-10-4-5-11(16-3)8-12(10)13/h4-5,8H,6-7,9H2,1-3H3. The molecule has 0 bridgehead atoms. The molecule has 0 saturated carbocycles. The van der Waals surface area contributed by atoms with E-state index in [1.807, 2.05) is 25.2 Å². The van der Waals surface area contributed by atoms with Crippen molar-refractivity contribution in [2.75, 3.05) is 34.5 Å². The topological polar surface area (TPSA) is 21.7 Å². The smallest absolute Gasteiger partial charge is 0.120 e. The van der Waals surface area contributed by atoms with Crippen LogP contribution in [0.4, 0.5) is 0 Å². The molecular formula is C12H18ClNO2. The molecule has 0 aliphatic rings. The predicted octanol–water partition coefficient (Wildman–Crippen LogP) is 2.43. The van der Waals surface area contributed by atoms with E-state index in [0.29, 0.717) is 6.73 Å². The van der Waals surface area contributed by atoms with Crippen molar-refractivity contribution in [3.63, 3.8) is 0 Å². The molecule has 0 unspecified atom stereocenters. The predicted molar refractivity (Wildman–Crippen MR) is 66.2 cm³/mol. The van der Waals surface area contributed by atoms with E-state index >= 15 is 0 Å². The van der Waals surface area contributed by atoms with Crippen molar-refractivity contribution in [3.8, 4) is 5.75 Å². The van der Waals surface area contributed by atoms with Crippen LogP contribution in [-0.2, 0) is 11.2 Å². The van der Waals surface area contributed by atoms with Crippen molar-refractivity contribution in [2.24, 2.45) is 0 Å². The number of halogens is 1. The third kappa shape index (κ3) is 4.00. The summed E-state index contributed by atoms with van der Waals surface area (Å²) < 4.78 is 10.1. The van der Waals surface area contributed by atoms with Crippen LogP contribution in [0.3, 0.4) is 0 Å². The number of nitrogens with zero attached hydrogens (tertiary/aromatic N) is 1. The monoisotopic (exact) mass is 243 g/mol. The summed E-state index contributed by atoms with van der Waals surface area (Å²) in [6.45, 7) is 1.55. The highest BCUT2D eigenvalue weighted by molar-refractivity contribution is 6.31. The fourth-order valence-corrected chi connectivity index (χ4v) is 1.72. The largest absolute Gasteiger partial charge is 0.497 e. The number of likely N-dealkylation sites (N-methyl/N-ethyl adjacent to an activating group) is 1. The van der Waals surface area contributed by atoms with Crippen molar-refractivity contribution >= 4 is 11.6 Å². The molecule has 0 fully saturated rings. The minimum atomic E-state index is 0.633. The van der Waals surface area contributed by atoms with Crippen LogP contribution in [0.5, 0.6) is 5.75 Å². The molecule has 0 atom stereocenters. The van der Waals surface area contributed by atoms with E-state index in [1.54, 1.807) is 14.2 Å². The van der Waals surface area contributed by atoms with Crippen LogP contribution in [0.2, 0.25) is 5.02 Å². The lowest BCUT2D eigenvalue weighted by Crippen LogP contribution is -2.23. The van der Waals surface area contributed by atoms with E-state index in [4.69, 9.17) is 21.1 Å². The van der Waals surface area contributed by atoms with Gasteiger partial charge in [-0.2, -0.15) is 0 Å². The summed E-state index contributed by atoms with van der Waals surface area (Å²) in [5.41, 5.74) is 1.13. The lowest BCUT2D eigenvalue weighted by atomic mass is 10.1. The Labute approximate surface area is 102 Å². The molecule has 0 amide bonds. The first-order chi connectivity index (χ1) is 7.67. The maximum atomic E-state index is 6.14. The van der Waals surface area contributed by atoms with Gasteiger partial charge < -0.3 is 9.47 Å². The molecule has 16 heavy (non-hydrogen) atoms. The lowest BCUT2D eigenvalue weighted by Gasteiger charge is -2.15. The second kappa shape index (κ2) is 6.74. The van der Waals surface area contributed by atoms with Gasteiger partial charge in [-0.1, -0.05) is 17.7 Å². The van der Waals surface area contributed by atoms with Crippen molar-refractivity contribution in [1.82, 2.24) is 4.90 Å². The molecule has 1 aromatic carbocycles. The summed E-state index contributed by atoms with van der Waals surface area (Å²) in [5, 5.41) is 0.755. The first-order valence-electron chi connectivity index (χ1n) is 5.17. The van der Waals surface area contributed by atoms with Crippen molar-refractivity contribution in [2.45, 2.75) is 6.42 Å². The van der Waals surface area contributed by atoms with Crippen LogP contribution in [0, 0.1) is 0 Å². The van der Waals surface area contributed by atoms with E-state index in [9.17, 15) is 0 Å². The quantitative estimate of drug-likeness (QED) is 0.717. The Morgan fingerprint density at radius 2 is 2.06 bits per heavy atom. The maximum absolute atomic E-state index is 6.14. The van der Waals surface area contributed by atoms with Gasteiger partial charge in [0.1, 0.15) is 5.75 Å². The molecule has 4 heteroatoms. The van der Waals surface area contributed by atoms with Gasteiger partial charge in [-0.05, 0) is 31.2 Å². The number of hydrogen-bond donors (Lipinski definition) is 0. The Hall–Kier alpha value is -0.770. The maximum Gasteiger partial charge on any atom is 0.120 e. The molecule has 0 heterocycles. The first-order valence-corrected chi connectivity index (χ1v) is 5.55. The van der Waals surface area contributed by atoms with Crippen LogP contribution < -0.4 is 4.74 Å². The summed E-state index contributed by atoms with van der Waals surface area (Å²) in [6.07, 6.45) is 0.905. The molecule has 0 N–H and O–H groups in total. The van der Waals surface area contributed by atoms with Gasteiger partial charge >= 0.3 is 0 Å². The normalized spacial score (nSPS) is 10.8. The molecular weight excluding hydrogens is 226 g/mol. The van der Waals surface area contributed by atoms with Gasteiger partial charge in [0.15, 0.2) is 0 Å². The highest BCUT2D eigenvalue weighted by atomic mass is 35.5. The van der Waals surface area contributed by atoms with Gasteiger partial charge in [0.25, 0.3) is 0 Å². The Morgan fingerprint density at radius 1 is 1.31 bits per heavy atom. The fourth-order valence-electron chi connectivity index (χ4n) is 1.45. The van der Waals surface area contributed by atoms with E-state index < -0.39 is 0 Å². The molecule has 0 aliphatic heterocycles. The Bertz CT molecular complexity index is 331. The molecule has 1 aromatic rings. The average molecular weight is 244 g/mol. The summed E-state index contributed by atoms with van der Waals surface area (Å²) in [7, 11) is 5.34. The van der Waals surface area contributed by atoms with Crippen LogP contribution in [0.1, 0.15) is 5.56 Å². The zero-order chi connectivity index (χ0) is 12.0. The molecule has 1 rings (SSSR count). The van der Waals surface area contributed by atoms with Gasteiger partial charge in [-0.25, -0.2) is 0 Å². The Balaban J connectivity index is 2.54. The SMILES string of the molecule is COCN(C)CCc1ccc(OC)cc1Cl. The molecule has 90 valence electrons. The van der Waals surface area contributed by atoms with Crippen LogP contribution >= 0.6 is 11.6 Å². The molecule has 3 nitrogen and oxygen atoms in total. The van der Waals surface area contributed by atoms with E-state index in [0.717, 1.165) is 29.3 Å². The van der Waals surface area contributed by atoms with E-state index in [2.05, 4.69) is 4.90 Å². The second-order valence-corrected chi connectivity index (χ2v) is 4.11. The van der Waals surface area contributed by atoms with Gasteiger partial charge in [0.2, 0.25) is 0 Å². The number of ether oxygens (including phenoxy) is 2. The third-order valence-electron chi connectivity index (χ3n) is 2.37. The number of benzene rings is 1. The first kappa shape index (κ1) is 13.3. The Kier molecular flexibility index (Phi) is 5.60. The molecule has 0 aromatic heterocycles. The summed E-state index contributed by atoms with van der Waals surface area (Å²) in [6, 6.07) is 5.77. The van der Waals surface area contributed by atoms with Gasteiger partial charge in [-0.3, -0.25) is 4.90 Å². The summed E-state index contributed by atoms with van der Waals surface area (Å²) in [5.74, 6) is 0.791. The van der Waals surface area contributed by atoms with Crippen LogP contribution in [0.25, 0.3) is 0 Å². The molecule has 0 radical (unpaired) electrons. The van der Waals surface area contributed by atoms with Crippen molar-refractivity contribution in [1.29, 1.82) is 0 Å². The van der Waals surface area contributed by atoms with Crippen LogP contribution in [-0.4, -0.2) is 39.4 Å². The molecule has 0 saturated heterocycles. The van der Waals surface area contributed by atoms with E-state index in [-0.39, 0.29) is 0 Å². The van der Waals surface area contributed by atoms with Gasteiger partial charge in [-0.15, -0.1) is 0 Å². The van der Waals surface area contributed by atoms with Gasteiger partial charge in [0.05, 0.1) is 13.8 Å². The summed E-state index contributed by atoms with van der Waals surface area (Å²) in [4.78, 5) is 2.10. The number of hydrogen-bond acceptors (Lipinski definition) is 3. The minimum Gasteiger partial charge on any atom is -0.497 e. The molecule has 0 spiro atoms. The van der Waals surface area contributed by atoms with Crippen molar-refractivity contribution in [3.05, 3.63) is 28.8 Å². The number of rotatable bonds is 6. The zero-order valence-corrected chi connectivity index (χ0v) is 10.8. The number of methoxy groups -OCH3 is 2. The summed E-state index contributed by atoms with van der Waals surface area (Å²) >= 11 is 6.14. The van der Waals surface area contributed by atoms with Crippen molar-refractivity contribution < 1.29 is 9.47 Å². The zero-order valence-electron chi connectivity index (χ0n) is 10.00. The van der Waals surface area contributed by atoms with Crippen LogP contribution in [0.15, 0.2) is 18.2 Å². The third-order valence-corrected chi connectivity index (χ3v) is 2.72. The highest BCUT2D eigenvalue weighted by Gasteiger charge is 2.04. The fraction of sp³-hybridized carbons (Fsp3) is 0.500. The minimum absolute atomic E-state index is 0.633. The second-order valence-electron chi connectivity index (χ2n) is 3.70. The Morgan fingerprint density at radius 3 is 2.62 bits per heavy atom.